The summed E-state index contributed by atoms with van der Waals surface area (Å²) in [5.74, 6) is 2.59. The standard InChI is InChI=1S/C30H36O7/c1-6-8-18-12-21-22-13-19(9-7-2)15-26(35-5)30(22)37-28(20-10-11-23(32)24(16-20)33-3)27(17-31)36-29(21)25(14-18)34-4/h10-16,27-28,31-32H,6-9,17H2,1-5H3. The van der Waals surface area contributed by atoms with Crippen LogP contribution in [0.2, 0.25) is 0 Å². The van der Waals surface area contributed by atoms with Crippen molar-refractivity contribution in [2.24, 2.45) is 0 Å². The van der Waals surface area contributed by atoms with Gasteiger partial charge in [0.05, 0.1) is 27.9 Å². The number of ether oxygens (including phenoxy) is 5. The second kappa shape index (κ2) is 11.6. The molecule has 0 amide bonds. The van der Waals surface area contributed by atoms with E-state index in [0.717, 1.165) is 47.9 Å². The summed E-state index contributed by atoms with van der Waals surface area (Å²) in [6.45, 7) is 3.95. The normalized spacial score (nSPS) is 16.4. The Morgan fingerprint density at radius 1 is 0.730 bits per heavy atom. The average molecular weight is 509 g/mol. The minimum Gasteiger partial charge on any atom is -0.504 e. The van der Waals surface area contributed by atoms with Gasteiger partial charge in [-0.1, -0.05) is 32.8 Å². The molecule has 1 heterocycles. The zero-order valence-corrected chi connectivity index (χ0v) is 22.2. The first-order valence-electron chi connectivity index (χ1n) is 12.7. The molecule has 7 heteroatoms. The molecule has 1 aliphatic rings. The lowest BCUT2D eigenvalue weighted by molar-refractivity contribution is 0.0108. The maximum atomic E-state index is 10.5. The van der Waals surface area contributed by atoms with Gasteiger partial charge in [-0.3, -0.25) is 0 Å². The van der Waals surface area contributed by atoms with Crippen molar-refractivity contribution >= 4 is 0 Å². The van der Waals surface area contributed by atoms with E-state index in [9.17, 15) is 10.2 Å². The van der Waals surface area contributed by atoms with Gasteiger partial charge in [0.1, 0.15) is 0 Å². The van der Waals surface area contributed by atoms with Gasteiger partial charge < -0.3 is 33.9 Å². The van der Waals surface area contributed by atoms with E-state index >= 15 is 0 Å². The monoisotopic (exact) mass is 508 g/mol. The number of aromatic hydroxyl groups is 1. The van der Waals surface area contributed by atoms with Crippen molar-refractivity contribution in [2.45, 2.75) is 51.7 Å². The molecule has 0 aliphatic carbocycles. The lowest BCUT2D eigenvalue weighted by atomic mass is 9.94. The summed E-state index contributed by atoms with van der Waals surface area (Å²) in [5.41, 5.74) is 4.57. The van der Waals surface area contributed by atoms with E-state index in [0.29, 0.717) is 34.3 Å². The van der Waals surface area contributed by atoms with Crippen LogP contribution in [0, 0.1) is 0 Å². The van der Waals surface area contributed by atoms with Crippen molar-refractivity contribution in [3.05, 3.63) is 59.2 Å². The van der Waals surface area contributed by atoms with Crippen molar-refractivity contribution < 1.29 is 33.9 Å². The summed E-state index contributed by atoms with van der Waals surface area (Å²) in [6.07, 6.45) is 2.20. The quantitative estimate of drug-likeness (QED) is 0.374. The van der Waals surface area contributed by atoms with Crippen molar-refractivity contribution in [3.63, 3.8) is 0 Å². The number of phenolic OH excluding ortho intramolecular Hbond substituents is 1. The van der Waals surface area contributed by atoms with Crippen LogP contribution in [0.1, 0.15) is 49.5 Å². The number of phenols is 1. The number of aliphatic hydroxyl groups is 1. The third kappa shape index (κ3) is 5.27. The minimum atomic E-state index is -0.785. The van der Waals surface area contributed by atoms with Crippen LogP contribution in [-0.2, 0) is 12.8 Å². The molecular weight excluding hydrogens is 472 g/mol. The van der Waals surface area contributed by atoms with E-state index in [-0.39, 0.29) is 12.4 Å². The Morgan fingerprint density at radius 3 is 1.76 bits per heavy atom. The lowest BCUT2D eigenvalue weighted by Crippen LogP contribution is -2.34. The number of hydrogen-bond donors (Lipinski definition) is 2. The molecule has 4 rings (SSSR count). The van der Waals surface area contributed by atoms with E-state index in [2.05, 4.69) is 26.0 Å². The molecule has 3 aromatic rings. The molecule has 0 fully saturated rings. The van der Waals surface area contributed by atoms with Crippen LogP contribution >= 0.6 is 0 Å². The van der Waals surface area contributed by atoms with Gasteiger partial charge in [0, 0.05) is 16.7 Å². The summed E-state index contributed by atoms with van der Waals surface area (Å²) in [4.78, 5) is 0. The molecule has 198 valence electrons. The third-order valence-electron chi connectivity index (χ3n) is 6.60. The van der Waals surface area contributed by atoms with Crippen molar-refractivity contribution in [1.29, 1.82) is 0 Å². The molecule has 0 aromatic heterocycles. The number of rotatable bonds is 9. The van der Waals surface area contributed by atoms with Crippen LogP contribution in [0.3, 0.4) is 0 Å². The summed E-state index contributed by atoms with van der Waals surface area (Å²) >= 11 is 0. The summed E-state index contributed by atoms with van der Waals surface area (Å²) in [5, 5.41) is 20.6. The van der Waals surface area contributed by atoms with E-state index < -0.39 is 12.2 Å². The van der Waals surface area contributed by atoms with Crippen LogP contribution in [0.15, 0.2) is 42.5 Å². The highest BCUT2D eigenvalue weighted by atomic mass is 16.6. The fourth-order valence-corrected chi connectivity index (χ4v) is 4.83. The maximum absolute atomic E-state index is 10.5. The van der Waals surface area contributed by atoms with Crippen LogP contribution in [0.25, 0.3) is 11.1 Å². The fraction of sp³-hybridized carbons (Fsp3) is 0.400. The van der Waals surface area contributed by atoms with Crippen molar-refractivity contribution in [1.82, 2.24) is 0 Å². The number of aryl methyl sites for hydroxylation is 2. The fourth-order valence-electron chi connectivity index (χ4n) is 4.83. The molecule has 0 saturated carbocycles. The first-order chi connectivity index (χ1) is 18.0. The topological polar surface area (TPSA) is 86.6 Å². The Bertz CT molecular complexity index is 1240. The Balaban J connectivity index is 2.01. The number of methoxy groups -OCH3 is 3. The van der Waals surface area contributed by atoms with Gasteiger partial charge in [-0.15, -0.1) is 0 Å². The third-order valence-corrected chi connectivity index (χ3v) is 6.60. The van der Waals surface area contributed by atoms with Crippen molar-refractivity contribution in [3.8, 4) is 45.6 Å². The first-order valence-corrected chi connectivity index (χ1v) is 12.7. The first kappa shape index (κ1) is 26.5. The van der Waals surface area contributed by atoms with E-state index in [1.165, 1.54) is 7.11 Å². The van der Waals surface area contributed by atoms with Gasteiger partial charge in [-0.2, -0.15) is 0 Å². The smallest absolute Gasteiger partial charge is 0.170 e. The number of fused-ring (bicyclic) bond motifs is 3. The molecule has 0 spiro atoms. The lowest BCUT2D eigenvalue weighted by Gasteiger charge is -2.33. The average Bonchev–Trinajstić information content (AvgIpc) is 2.90. The Labute approximate surface area is 218 Å². The summed E-state index contributed by atoms with van der Waals surface area (Å²) in [6, 6.07) is 13.2. The van der Waals surface area contributed by atoms with Gasteiger partial charge in [-0.25, -0.2) is 0 Å². The molecule has 3 aromatic carbocycles. The second-order valence-corrected chi connectivity index (χ2v) is 9.16. The van der Waals surface area contributed by atoms with E-state index in [4.69, 9.17) is 23.7 Å². The molecule has 37 heavy (non-hydrogen) atoms. The maximum Gasteiger partial charge on any atom is 0.170 e. The van der Waals surface area contributed by atoms with Crippen LogP contribution in [0.5, 0.6) is 34.5 Å². The van der Waals surface area contributed by atoms with Crippen LogP contribution < -0.4 is 23.7 Å². The zero-order chi connectivity index (χ0) is 26.5. The zero-order valence-electron chi connectivity index (χ0n) is 22.2. The van der Waals surface area contributed by atoms with Gasteiger partial charge >= 0.3 is 0 Å². The minimum absolute atomic E-state index is 0.0104. The van der Waals surface area contributed by atoms with E-state index in [1.807, 2.05) is 12.1 Å². The largest absolute Gasteiger partial charge is 0.504 e. The van der Waals surface area contributed by atoms with Gasteiger partial charge in [0.2, 0.25) is 0 Å². The molecule has 1 aliphatic heterocycles. The SMILES string of the molecule is CCCc1cc(OC)c2c(c1)-c1cc(CCC)cc(OC)c1OC(c1ccc(O)c(OC)c1)C(CO)O2. The van der Waals surface area contributed by atoms with Crippen molar-refractivity contribution in [2.75, 3.05) is 27.9 Å². The molecule has 2 atom stereocenters. The highest BCUT2D eigenvalue weighted by molar-refractivity contribution is 5.82. The van der Waals surface area contributed by atoms with Gasteiger partial charge in [0.15, 0.2) is 46.7 Å². The summed E-state index contributed by atoms with van der Waals surface area (Å²) < 4.78 is 30.1. The highest BCUT2D eigenvalue weighted by Crippen LogP contribution is 2.51. The predicted octanol–water partition coefficient (Wildman–Crippen LogP) is 5.86. The molecule has 2 N–H and O–H groups in total. The Morgan fingerprint density at radius 2 is 1.27 bits per heavy atom. The Kier molecular flexibility index (Phi) is 8.34. The molecule has 0 saturated heterocycles. The highest BCUT2D eigenvalue weighted by Gasteiger charge is 2.35. The molecule has 2 unspecified atom stereocenters. The van der Waals surface area contributed by atoms with Gasteiger partial charge in [0.25, 0.3) is 0 Å². The number of hydrogen-bond acceptors (Lipinski definition) is 7. The summed E-state index contributed by atoms with van der Waals surface area (Å²) in [7, 11) is 4.73. The number of benzene rings is 3. The molecule has 0 bridgehead atoms. The molecule has 7 nitrogen and oxygen atoms in total. The number of aliphatic hydroxyl groups excluding tert-OH is 1. The second-order valence-electron chi connectivity index (χ2n) is 9.16. The van der Waals surface area contributed by atoms with Crippen LogP contribution in [-0.4, -0.2) is 44.3 Å². The van der Waals surface area contributed by atoms with E-state index in [1.54, 1.807) is 32.4 Å². The predicted molar refractivity (Wildman–Crippen MR) is 143 cm³/mol. The van der Waals surface area contributed by atoms with Gasteiger partial charge in [-0.05, 0) is 60.4 Å². The molecule has 0 radical (unpaired) electrons. The molecular formula is C30H36O7. The van der Waals surface area contributed by atoms with Crippen LogP contribution in [0.4, 0.5) is 0 Å². The Hall–Kier alpha value is -3.58.